The largest absolute Gasteiger partial charge is 0.355 e. The van der Waals surface area contributed by atoms with Gasteiger partial charge in [0.2, 0.25) is 5.91 Å². The van der Waals surface area contributed by atoms with Gasteiger partial charge in [0.1, 0.15) is 0 Å². The van der Waals surface area contributed by atoms with Gasteiger partial charge >= 0.3 is 0 Å². The summed E-state index contributed by atoms with van der Waals surface area (Å²) >= 11 is 5.87. The van der Waals surface area contributed by atoms with Crippen LogP contribution in [0.4, 0.5) is 0 Å². The molecule has 0 aliphatic carbocycles. The van der Waals surface area contributed by atoms with Crippen LogP contribution in [0, 0.1) is 5.92 Å². The van der Waals surface area contributed by atoms with Crippen molar-refractivity contribution in [2.45, 2.75) is 26.2 Å². The Morgan fingerprint density at radius 1 is 1.39 bits per heavy atom. The van der Waals surface area contributed by atoms with E-state index in [9.17, 15) is 4.79 Å². The lowest BCUT2D eigenvalue weighted by Crippen LogP contribution is -2.40. The fourth-order valence-electron chi connectivity index (χ4n) is 1.59. The monoisotopic (exact) mass is 268 g/mol. The smallest absolute Gasteiger partial charge is 0.224 e. The van der Waals surface area contributed by atoms with Crippen LogP contribution in [0.3, 0.4) is 0 Å². The zero-order chi connectivity index (χ0) is 13.8. The molecule has 18 heavy (non-hydrogen) atoms. The van der Waals surface area contributed by atoms with Gasteiger partial charge in [-0.05, 0) is 17.7 Å². The third-order valence-corrected chi connectivity index (χ3v) is 3.38. The van der Waals surface area contributed by atoms with Gasteiger partial charge in [-0.25, -0.2) is 0 Å². The molecular weight excluding hydrogens is 248 g/mol. The van der Waals surface area contributed by atoms with Crippen LogP contribution in [0.15, 0.2) is 24.3 Å². The lowest BCUT2D eigenvalue weighted by molar-refractivity contribution is -0.124. The first-order valence-corrected chi connectivity index (χ1v) is 6.48. The van der Waals surface area contributed by atoms with Gasteiger partial charge in [-0.1, -0.05) is 44.5 Å². The zero-order valence-corrected chi connectivity index (χ0v) is 11.9. The molecule has 1 aromatic carbocycles. The summed E-state index contributed by atoms with van der Waals surface area (Å²) in [5.41, 5.74) is 6.48. The van der Waals surface area contributed by atoms with Crippen LogP contribution in [0.1, 0.15) is 26.3 Å². The highest BCUT2D eigenvalue weighted by Crippen LogP contribution is 2.23. The van der Waals surface area contributed by atoms with Gasteiger partial charge in [0.15, 0.2) is 0 Å². The molecule has 0 aromatic heterocycles. The van der Waals surface area contributed by atoms with Crippen molar-refractivity contribution in [1.29, 1.82) is 0 Å². The Labute approximate surface area is 114 Å². The summed E-state index contributed by atoms with van der Waals surface area (Å²) in [5.74, 6) is -0.148. The number of nitrogens with two attached hydrogens (primary N) is 1. The molecule has 0 spiro atoms. The van der Waals surface area contributed by atoms with Crippen LogP contribution >= 0.6 is 11.6 Å². The fourth-order valence-corrected chi connectivity index (χ4v) is 1.72. The van der Waals surface area contributed by atoms with E-state index in [1.54, 1.807) is 0 Å². The number of carbonyl (C=O) groups excluding carboxylic acids is 1. The molecule has 1 atom stereocenters. The Bertz CT molecular complexity index is 401. The molecule has 0 bridgehead atoms. The van der Waals surface area contributed by atoms with Gasteiger partial charge in [-0.15, -0.1) is 0 Å². The minimum atomic E-state index is -0.147. The van der Waals surface area contributed by atoms with Crippen molar-refractivity contribution in [1.82, 2.24) is 5.32 Å². The molecule has 0 fully saturated rings. The Balaban J connectivity index is 2.65. The van der Waals surface area contributed by atoms with Crippen molar-refractivity contribution in [3.8, 4) is 0 Å². The molecule has 1 unspecified atom stereocenters. The number of rotatable bonds is 5. The first kappa shape index (κ1) is 15.0. The predicted octanol–water partition coefficient (Wildman–Crippen LogP) is 2.33. The third-order valence-electron chi connectivity index (χ3n) is 3.13. The van der Waals surface area contributed by atoms with Crippen LogP contribution < -0.4 is 11.1 Å². The van der Waals surface area contributed by atoms with Crippen LogP contribution in [-0.4, -0.2) is 19.0 Å². The average molecular weight is 269 g/mol. The van der Waals surface area contributed by atoms with Crippen molar-refractivity contribution in [3.63, 3.8) is 0 Å². The minimum Gasteiger partial charge on any atom is -0.355 e. The van der Waals surface area contributed by atoms with Crippen molar-refractivity contribution < 1.29 is 4.79 Å². The Morgan fingerprint density at radius 3 is 2.44 bits per heavy atom. The highest BCUT2D eigenvalue weighted by atomic mass is 35.5. The van der Waals surface area contributed by atoms with E-state index < -0.39 is 0 Å². The van der Waals surface area contributed by atoms with E-state index in [0.717, 1.165) is 10.6 Å². The summed E-state index contributed by atoms with van der Waals surface area (Å²) in [4.78, 5) is 11.7. The van der Waals surface area contributed by atoms with Crippen molar-refractivity contribution in [3.05, 3.63) is 34.9 Å². The topological polar surface area (TPSA) is 55.1 Å². The van der Waals surface area contributed by atoms with E-state index in [0.29, 0.717) is 13.1 Å². The Hall–Kier alpha value is -1.06. The van der Waals surface area contributed by atoms with Crippen molar-refractivity contribution in [2.24, 2.45) is 11.7 Å². The van der Waals surface area contributed by atoms with E-state index in [1.165, 1.54) is 0 Å². The summed E-state index contributed by atoms with van der Waals surface area (Å²) in [6.45, 7) is 6.95. The molecule has 1 aromatic rings. The van der Waals surface area contributed by atoms with E-state index >= 15 is 0 Å². The predicted molar refractivity (Wildman–Crippen MR) is 75.7 cm³/mol. The van der Waals surface area contributed by atoms with Crippen LogP contribution in [-0.2, 0) is 10.2 Å². The molecule has 3 N–H and O–H groups in total. The number of hydrogen-bond donors (Lipinski definition) is 2. The SMILES string of the molecule is CC(CN)C(=O)NCC(C)(C)c1ccc(Cl)cc1. The average Bonchev–Trinajstić information content (AvgIpc) is 2.35. The number of benzene rings is 1. The lowest BCUT2D eigenvalue weighted by Gasteiger charge is -2.26. The molecule has 0 heterocycles. The zero-order valence-electron chi connectivity index (χ0n) is 11.2. The second-order valence-corrected chi connectivity index (χ2v) is 5.68. The first-order valence-electron chi connectivity index (χ1n) is 6.10. The van der Waals surface area contributed by atoms with Gasteiger partial charge in [0.05, 0.1) is 0 Å². The molecule has 100 valence electrons. The molecule has 0 saturated carbocycles. The molecule has 1 rings (SSSR count). The van der Waals surface area contributed by atoms with E-state index in [-0.39, 0.29) is 17.2 Å². The summed E-state index contributed by atoms with van der Waals surface area (Å²) in [6, 6.07) is 7.70. The molecule has 1 amide bonds. The van der Waals surface area contributed by atoms with Crippen LogP contribution in [0.5, 0.6) is 0 Å². The lowest BCUT2D eigenvalue weighted by atomic mass is 9.84. The van der Waals surface area contributed by atoms with Gasteiger partial charge in [0, 0.05) is 29.4 Å². The standard InChI is InChI=1S/C14H21ClN2O/c1-10(8-16)13(18)17-9-14(2,3)11-4-6-12(15)7-5-11/h4-7,10H,8-9,16H2,1-3H3,(H,17,18). The summed E-state index contributed by atoms with van der Waals surface area (Å²) in [6.07, 6.45) is 0. The number of nitrogens with one attached hydrogen (secondary N) is 1. The molecular formula is C14H21ClN2O. The third kappa shape index (κ3) is 4.00. The van der Waals surface area contributed by atoms with Gasteiger partial charge in [-0.3, -0.25) is 4.79 Å². The summed E-state index contributed by atoms with van der Waals surface area (Å²) in [5, 5.41) is 3.65. The first-order chi connectivity index (χ1) is 8.36. The Morgan fingerprint density at radius 2 is 1.94 bits per heavy atom. The van der Waals surface area contributed by atoms with Gasteiger partial charge in [-0.2, -0.15) is 0 Å². The van der Waals surface area contributed by atoms with Crippen LogP contribution in [0.2, 0.25) is 5.02 Å². The number of hydrogen-bond acceptors (Lipinski definition) is 2. The summed E-state index contributed by atoms with van der Waals surface area (Å²) < 4.78 is 0. The Kier molecular flexibility index (Phi) is 5.17. The number of carbonyl (C=O) groups is 1. The second kappa shape index (κ2) is 6.21. The quantitative estimate of drug-likeness (QED) is 0.861. The maximum Gasteiger partial charge on any atom is 0.224 e. The van der Waals surface area contributed by atoms with Crippen LogP contribution in [0.25, 0.3) is 0 Å². The fraction of sp³-hybridized carbons (Fsp3) is 0.500. The molecule has 0 saturated heterocycles. The molecule has 3 nitrogen and oxygen atoms in total. The molecule has 0 aliphatic heterocycles. The maximum atomic E-state index is 11.7. The second-order valence-electron chi connectivity index (χ2n) is 5.25. The minimum absolute atomic E-state index is 0.000427. The number of amides is 1. The summed E-state index contributed by atoms with van der Waals surface area (Å²) in [7, 11) is 0. The van der Waals surface area contributed by atoms with Crippen molar-refractivity contribution >= 4 is 17.5 Å². The normalized spacial score (nSPS) is 13.2. The van der Waals surface area contributed by atoms with Gasteiger partial charge in [0.25, 0.3) is 0 Å². The number of halogens is 1. The highest BCUT2D eigenvalue weighted by molar-refractivity contribution is 6.30. The molecule has 0 aliphatic rings. The molecule has 4 heteroatoms. The molecule has 0 radical (unpaired) electrons. The van der Waals surface area contributed by atoms with Crippen molar-refractivity contribution in [2.75, 3.05) is 13.1 Å². The van der Waals surface area contributed by atoms with Gasteiger partial charge < -0.3 is 11.1 Å². The van der Waals surface area contributed by atoms with E-state index in [4.69, 9.17) is 17.3 Å². The highest BCUT2D eigenvalue weighted by Gasteiger charge is 2.22. The maximum absolute atomic E-state index is 11.7. The van der Waals surface area contributed by atoms with E-state index in [1.807, 2.05) is 31.2 Å². The van der Waals surface area contributed by atoms with E-state index in [2.05, 4.69) is 19.2 Å².